The topological polar surface area (TPSA) is 93.0 Å². The second-order valence-corrected chi connectivity index (χ2v) is 3.81. The molecule has 0 heterocycles. The Hall–Kier alpha value is -1.06. The highest BCUT2D eigenvalue weighted by Crippen LogP contribution is 2.24. The lowest BCUT2D eigenvalue weighted by atomic mass is 9.82. The Labute approximate surface area is 72.8 Å². The molecule has 0 rings (SSSR count). The number of primary amides is 1. The van der Waals surface area contributed by atoms with Gasteiger partial charge >= 0.3 is 0 Å². The number of rotatable bonds is 4. The molecule has 0 aromatic rings. The Morgan fingerprint density at radius 3 is 2.17 bits per heavy atom. The van der Waals surface area contributed by atoms with Crippen LogP contribution in [-0.4, -0.2) is 11.7 Å². The van der Waals surface area contributed by atoms with Crippen molar-refractivity contribution in [3.05, 3.63) is 0 Å². The fourth-order valence-corrected chi connectivity index (χ4v) is 0.976. The third kappa shape index (κ3) is 2.90. The lowest BCUT2D eigenvalue weighted by Gasteiger charge is -2.25. The largest absolute Gasteiger partial charge is 0.387 e. The third-order valence-corrected chi connectivity index (χ3v) is 2.03. The quantitative estimate of drug-likeness (QED) is 0.423. The fourth-order valence-electron chi connectivity index (χ4n) is 0.976. The number of amides is 1. The standard InChI is InChI=1S/C8H17N3O/c1-5(6(9)12)4-8(2,3)7(10)11/h5H,4H2,1-3H3,(H2,9,12)(H3,10,11). The van der Waals surface area contributed by atoms with Crippen molar-refractivity contribution < 1.29 is 4.79 Å². The number of carbonyl (C=O) groups excluding carboxylic acids is 1. The van der Waals surface area contributed by atoms with Gasteiger partial charge < -0.3 is 11.5 Å². The molecule has 12 heavy (non-hydrogen) atoms. The molecule has 0 aromatic heterocycles. The molecule has 0 saturated heterocycles. The van der Waals surface area contributed by atoms with Gasteiger partial charge in [0.15, 0.2) is 0 Å². The van der Waals surface area contributed by atoms with Crippen molar-refractivity contribution in [2.45, 2.75) is 27.2 Å². The van der Waals surface area contributed by atoms with Crippen LogP contribution in [-0.2, 0) is 4.79 Å². The molecule has 0 aromatic carbocycles. The summed E-state index contributed by atoms with van der Waals surface area (Å²) in [6.07, 6.45) is 0.525. The van der Waals surface area contributed by atoms with Gasteiger partial charge in [0.05, 0.1) is 5.84 Å². The van der Waals surface area contributed by atoms with Crippen molar-refractivity contribution >= 4 is 11.7 Å². The van der Waals surface area contributed by atoms with E-state index in [4.69, 9.17) is 16.9 Å². The van der Waals surface area contributed by atoms with Gasteiger partial charge in [-0.1, -0.05) is 20.8 Å². The Bertz CT molecular complexity index is 198. The van der Waals surface area contributed by atoms with Crippen molar-refractivity contribution in [1.29, 1.82) is 5.41 Å². The summed E-state index contributed by atoms with van der Waals surface area (Å²) >= 11 is 0. The molecule has 1 atom stereocenters. The number of nitrogens with two attached hydrogens (primary N) is 2. The highest BCUT2D eigenvalue weighted by molar-refractivity contribution is 5.84. The van der Waals surface area contributed by atoms with E-state index in [1.54, 1.807) is 6.92 Å². The molecular weight excluding hydrogens is 154 g/mol. The Kier molecular flexibility index (Phi) is 3.24. The highest BCUT2D eigenvalue weighted by atomic mass is 16.1. The van der Waals surface area contributed by atoms with E-state index in [0.29, 0.717) is 6.42 Å². The first-order chi connectivity index (χ1) is 5.27. The minimum atomic E-state index is -0.436. The average Bonchev–Trinajstić information content (AvgIpc) is 1.85. The molecule has 0 bridgehead atoms. The van der Waals surface area contributed by atoms with Crippen LogP contribution in [0.3, 0.4) is 0 Å². The van der Waals surface area contributed by atoms with Gasteiger partial charge in [0.25, 0.3) is 0 Å². The maximum atomic E-state index is 10.7. The minimum absolute atomic E-state index is 0.0931. The van der Waals surface area contributed by atoms with Crippen molar-refractivity contribution in [3.8, 4) is 0 Å². The summed E-state index contributed by atoms with van der Waals surface area (Å²) in [7, 11) is 0. The van der Waals surface area contributed by atoms with Gasteiger partial charge in [0, 0.05) is 11.3 Å². The number of nitrogens with one attached hydrogen (secondary N) is 1. The van der Waals surface area contributed by atoms with Crippen molar-refractivity contribution in [3.63, 3.8) is 0 Å². The van der Waals surface area contributed by atoms with Crippen LogP contribution < -0.4 is 11.5 Å². The Balaban J connectivity index is 4.24. The predicted molar refractivity (Wildman–Crippen MR) is 48.7 cm³/mol. The lowest BCUT2D eigenvalue weighted by Crippen LogP contribution is -2.35. The van der Waals surface area contributed by atoms with Crippen LogP contribution >= 0.6 is 0 Å². The molecular formula is C8H17N3O. The normalized spacial score (nSPS) is 13.9. The number of hydrogen-bond donors (Lipinski definition) is 3. The van der Waals surface area contributed by atoms with Crippen LogP contribution in [0.25, 0.3) is 0 Å². The van der Waals surface area contributed by atoms with Gasteiger partial charge in [-0.15, -0.1) is 0 Å². The maximum absolute atomic E-state index is 10.7. The van der Waals surface area contributed by atoms with E-state index in [1.165, 1.54) is 0 Å². The molecule has 1 unspecified atom stereocenters. The predicted octanol–water partition coefficient (Wildman–Crippen LogP) is 0.460. The van der Waals surface area contributed by atoms with Crippen molar-refractivity contribution in [1.82, 2.24) is 0 Å². The maximum Gasteiger partial charge on any atom is 0.220 e. The zero-order chi connectivity index (χ0) is 9.94. The zero-order valence-corrected chi connectivity index (χ0v) is 7.85. The summed E-state index contributed by atoms with van der Waals surface area (Å²) in [5, 5.41) is 7.26. The first-order valence-corrected chi connectivity index (χ1v) is 3.91. The summed E-state index contributed by atoms with van der Waals surface area (Å²) in [6, 6.07) is 0. The van der Waals surface area contributed by atoms with E-state index in [-0.39, 0.29) is 17.7 Å². The third-order valence-electron chi connectivity index (χ3n) is 2.03. The molecule has 4 heteroatoms. The summed E-state index contributed by atoms with van der Waals surface area (Å²) in [5.41, 5.74) is 10.0. The minimum Gasteiger partial charge on any atom is -0.387 e. The van der Waals surface area contributed by atoms with Gasteiger partial charge in [0.2, 0.25) is 5.91 Å². The Morgan fingerprint density at radius 2 is 1.92 bits per heavy atom. The second-order valence-electron chi connectivity index (χ2n) is 3.81. The molecule has 0 spiro atoms. The number of hydrogen-bond acceptors (Lipinski definition) is 2. The molecule has 0 fully saturated rings. The van der Waals surface area contributed by atoms with E-state index >= 15 is 0 Å². The summed E-state index contributed by atoms with van der Waals surface area (Å²) in [5.74, 6) is -0.483. The van der Waals surface area contributed by atoms with Crippen molar-refractivity contribution in [2.75, 3.05) is 0 Å². The van der Waals surface area contributed by atoms with Crippen LogP contribution in [0.4, 0.5) is 0 Å². The molecule has 70 valence electrons. The first-order valence-electron chi connectivity index (χ1n) is 3.91. The van der Waals surface area contributed by atoms with Gasteiger partial charge in [-0.2, -0.15) is 0 Å². The monoisotopic (exact) mass is 171 g/mol. The molecule has 0 aliphatic rings. The number of carbonyl (C=O) groups is 1. The second kappa shape index (κ2) is 3.56. The van der Waals surface area contributed by atoms with Gasteiger partial charge in [-0.05, 0) is 6.42 Å². The van der Waals surface area contributed by atoms with Crippen LogP contribution in [0.2, 0.25) is 0 Å². The molecule has 1 amide bonds. The Morgan fingerprint density at radius 1 is 1.50 bits per heavy atom. The smallest absolute Gasteiger partial charge is 0.220 e. The number of amidine groups is 1. The van der Waals surface area contributed by atoms with E-state index < -0.39 is 5.41 Å². The van der Waals surface area contributed by atoms with Gasteiger partial charge in [-0.25, -0.2) is 0 Å². The van der Waals surface area contributed by atoms with Crippen LogP contribution in [0.15, 0.2) is 0 Å². The zero-order valence-electron chi connectivity index (χ0n) is 7.85. The lowest BCUT2D eigenvalue weighted by molar-refractivity contribution is -0.121. The van der Waals surface area contributed by atoms with E-state index in [2.05, 4.69) is 0 Å². The molecule has 0 radical (unpaired) electrons. The van der Waals surface area contributed by atoms with Crippen molar-refractivity contribution in [2.24, 2.45) is 22.8 Å². The summed E-state index contributed by atoms with van der Waals surface area (Å²) < 4.78 is 0. The molecule has 0 aliphatic heterocycles. The van der Waals surface area contributed by atoms with E-state index in [1.807, 2.05) is 13.8 Å². The van der Waals surface area contributed by atoms with Crippen LogP contribution in [0.1, 0.15) is 27.2 Å². The first kappa shape index (κ1) is 10.9. The van der Waals surface area contributed by atoms with Gasteiger partial charge in [0.1, 0.15) is 0 Å². The SMILES string of the molecule is CC(CC(C)(C)C(=N)N)C(N)=O. The van der Waals surface area contributed by atoms with Crippen LogP contribution in [0, 0.1) is 16.7 Å². The highest BCUT2D eigenvalue weighted by Gasteiger charge is 2.26. The van der Waals surface area contributed by atoms with Gasteiger partial charge in [-0.3, -0.25) is 10.2 Å². The molecule has 4 nitrogen and oxygen atoms in total. The van der Waals surface area contributed by atoms with E-state index in [9.17, 15) is 4.79 Å². The van der Waals surface area contributed by atoms with Crippen LogP contribution in [0.5, 0.6) is 0 Å². The average molecular weight is 171 g/mol. The molecule has 0 aliphatic carbocycles. The summed E-state index contributed by atoms with van der Waals surface area (Å²) in [4.78, 5) is 10.7. The molecule has 0 saturated carbocycles. The van der Waals surface area contributed by atoms with E-state index in [0.717, 1.165) is 0 Å². The summed E-state index contributed by atoms with van der Waals surface area (Å²) in [6.45, 7) is 5.40. The molecule has 5 N–H and O–H groups in total. The fraction of sp³-hybridized carbons (Fsp3) is 0.750.